The van der Waals surface area contributed by atoms with Crippen LogP contribution in [0.4, 0.5) is 4.79 Å². The summed E-state index contributed by atoms with van der Waals surface area (Å²) in [5, 5.41) is 3.29. The zero-order valence-corrected chi connectivity index (χ0v) is 19.5. The summed E-state index contributed by atoms with van der Waals surface area (Å²) in [6, 6.07) is 0. The molecule has 2 aromatic rings. The first-order valence-corrected chi connectivity index (χ1v) is 11.2. The fourth-order valence-corrected chi connectivity index (χ4v) is 4.77. The zero-order chi connectivity index (χ0) is 22.8. The van der Waals surface area contributed by atoms with E-state index in [-0.39, 0.29) is 11.7 Å². The summed E-state index contributed by atoms with van der Waals surface area (Å²) in [6.07, 6.45) is 1.49. The molecule has 0 aliphatic carbocycles. The molecule has 2 aromatic heterocycles. The summed E-state index contributed by atoms with van der Waals surface area (Å²) in [6.45, 7) is 10.1. The smallest absolute Gasteiger partial charge is 0.407 e. The lowest BCUT2D eigenvalue weighted by Crippen LogP contribution is -2.40. The van der Waals surface area contributed by atoms with Gasteiger partial charge in [0.2, 0.25) is 0 Å². The predicted octanol–water partition coefficient (Wildman–Crippen LogP) is 2.82. The van der Waals surface area contributed by atoms with Crippen molar-refractivity contribution in [2.75, 3.05) is 26.7 Å². The minimum Gasteiger partial charge on any atom is -0.465 e. The second-order valence-corrected chi connectivity index (χ2v) is 9.84. The Morgan fingerprint density at radius 3 is 2.58 bits per heavy atom. The number of nitrogens with one attached hydrogen (secondary N) is 2. The van der Waals surface area contributed by atoms with Crippen LogP contribution in [0.3, 0.4) is 0 Å². The third-order valence-corrected chi connectivity index (χ3v) is 6.40. The van der Waals surface area contributed by atoms with Crippen LogP contribution in [-0.2, 0) is 16.0 Å². The molecule has 1 fully saturated rings. The number of hydrogen-bond acceptors (Lipinski definition) is 8. The van der Waals surface area contributed by atoms with E-state index >= 15 is 0 Å². The monoisotopic (exact) mass is 450 g/mol. The number of methoxy groups -OCH3 is 1. The summed E-state index contributed by atoms with van der Waals surface area (Å²) in [4.78, 5) is 46.9. The van der Waals surface area contributed by atoms with Crippen molar-refractivity contribution in [3.63, 3.8) is 0 Å². The topological polar surface area (TPSA) is 114 Å². The van der Waals surface area contributed by atoms with Crippen LogP contribution in [0.2, 0.25) is 0 Å². The Balaban J connectivity index is 1.57. The Kier molecular flexibility index (Phi) is 7.00. The Morgan fingerprint density at radius 1 is 1.29 bits per heavy atom. The van der Waals surface area contributed by atoms with Gasteiger partial charge in [0.05, 0.1) is 19.0 Å². The van der Waals surface area contributed by atoms with E-state index in [1.54, 1.807) is 6.92 Å². The maximum Gasteiger partial charge on any atom is 0.407 e. The van der Waals surface area contributed by atoms with Gasteiger partial charge in [-0.2, -0.15) is 0 Å². The number of fused-ring (bicyclic) bond motifs is 1. The van der Waals surface area contributed by atoms with E-state index in [1.807, 2.05) is 20.8 Å². The number of rotatable bonds is 5. The van der Waals surface area contributed by atoms with Gasteiger partial charge >= 0.3 is 12.1 Å². The lowest BCUT2D eigenvalue weighted by molar-refractivity contribution is 0.0508. The van der Waals surface area contributed by atoms with Gasteiger partial charge in [-0.3, -0.25) is 9.69 Å². The molecular weight excluding hydrogens is 420 g/mol. The standard InChI is InChI=1S/C21H30N4O5S/c1-12-15-17(26)23-14(24-18(15)31-16(12)19(27)29-5)11-25-8-6-13(7-9-25)10-22-20(28)30-21(2,3)4/h13H,6-11H2,1-5H3,(H,22,28)(H,23,24,26). The van der Waals surface area contributed by atoms with Gasteiger partial charge in [0, 0.05) is 6.54 Å². The van der Waals surface area contributed by atoms with E-state index in [2.05, 4.69) is 20.2 Å². The molecule has 0 unspecified atom stereocenters. The number of ether oxygens (including phenoxy) is 2. The highest BCUT2D eigenvalue weighted by atomic mass is 32.1. The van der Waals surface area contributed by atoms with Crippen molar-refractivity contribution in [1.82, 2.24) is 20.2 Å². The first-order chi connectivity index (χ1) is 14.6. The van der Waals surface area contributed by atoms with E-state index in [9.17, 15) is 14.4 Å². The molecule has 0 spiro atoms. The summed E-state index contributed by atoms with van der Waals surface area (Å²) < 4.78 is 10.1. The largest absolute Gasteiger partial charge is 0.465 e. The molecule has 9 nitrogen and oxygen atoms in total. The summed E-state index contributed by atoms with van der Waals surface area (Å²) >= 11 is 1.18. The number of thiophene rings is 1. The van der Waals surface area contributed by atoms with Crippen LogP contribution < -0.4 is 10.9 Å². The van der Waals surface area contributed by atoms with Gasteiger partial charge in [0.1, 0.15) is 21.1 Å². The molecule has 0 bridgehead atoms. The van der Waals surface area contributed by atoms with Crippen molar-refractivity contribution >= 4 is 33.6 Å². The number of carbonyl (C=O) groups excluding carboxylic acids is 2. The van der Waals surface area contributed by atoms with Crippen LogP contribution in [0.1, 0.15) is 54.7 Å². The van der Waals surface area contributed by atoms with Crippen molar-refractivity contribution in [3.05, 3.63) is 26.6 Å². The van der Waals surface area contributed by atoms with Crippen LogP contribution in [0.5, 0.6) is 0 Å². The van der Waals surface area contributed by atoms with Gasteiger partial charge in [0.25, 0.3) is 5.56 Å². The Labute approximate surface area is 185 Å². The highest BCUT2D eigenvalue weighted by molar-refractivity contribution is 7.20. The molecule has 1 aliphatic heterocycles. The molecule has 0 aromatic carbocycles. The second-order valence-electron chi connectivity index (χ2n) is 8.84. The number of esters is 1. The number of carbonyl (C=O) groups is 2. The van der Waals surface area contributed by atoms with Crippen molar-refractivity contribution in [3.8, 4) is 0 Å². The highest BCUT2D eigenvalue weighted by Gasteiger charge is 2.23. The van der Waals surface area contributed by atoms with Crippen LogP contribution in [-0.4, -0.2) is 59.3 Å². The molecule has 0 atom stereocenters. The number of piperidine rings is 1. The minimum atomic E-state index is -0.503. The van der Waals surface area contributed by atoms with Crippen LogP contribution in [0.15, 0.2) is 4.79 Å². The molecule has 31 heavy (non-hydrogen) atoms. The quantitative estimate of drug-likeness (QED) is 0.673. The first kappa shape index (κ1) is 23.2. The van der Waals surface area contributed by atoms with E-state index in [4.69, 9.17) is 9.47 Å². The molecule has 10 heteroatoms. The number of likely N-dealkylation sites (tertiary alicyclic amines) is 1. The number of H-pyrrole nitrogens is 1. The van der Waals surface area contributed by atoms with E-state index < -0.39 is 11.6 Å². The number of hydrogen-bond donors (Lipinski definition) is 2. The van der Waals surface area contributed by atoms with Gasteiger partial charge in [-0.25, -0.2) is 14.6 Å². The third-order valence-electron chi connectivity index (χ3n) is 5.23. The lowest BCUT2D eigenvalue weighted by atomic mass is 9.97. The van der Waals surface area contributed by atoms with Gasteiger partial charge in [-0.1, -0.05) is 0 Å². The van der Waals surface area contributed by atoms with Gasteiger partial charge in [0.15, 0.2) is 0 Å². The fourth-order valence-electron chi connectivity index (χ4n) is 3.65. The maximum atomic E-state index is 12.6. The van der Waals surface area contributed by atoms with E-state index in [1.165, 1.54) is 18.4 Å². The first-order valence-electron chi connectivity index (χ1n) is 10.4. The molecular formula is C21H30N4O5S. The van der Waals surface area contributed by atoms with E-state index in [0.717, 1.165) is 25.9 Å². The Morgan fingerprint density at radius 2 is 1.97 bits per heavy atom. The second kappa shape index (κ2) is 9.35. The molecule has 2 N–H and O–H groups in total. The molecule has 3 heterocycles. The summed E-state index contributed by atoms with van der Waals surface area (Å²) in [7, 11) is 1.32. The number of aryl methyl sites for hydroxylation is 1. The van der Waals surface area contributed by atoms with Crippen LogP contribution in [0.25, 0.3) is 10.2 Å². The lowest BCUT2D eigenvalue weighted by Gasteiger charge is -2.31. The third kappa shape index (κ3) is 5.82. The number of amides is 1. The molecule has 1 saturated heterocycles. The molecule has 170 valence electrons. The van der Waals surface area contributed by atoms with Crippen molar-refractivity contribution in [2.24, 2.45) is 5.92 Å². The average molecular weight is 451 g/mol. The van der Waals surface area contributed by atoms with Crippen LogP contribution >= 0.6 is 11.3 Å². The number of nitrogens with zero attached hydrogens (tertiary/aromatic N) is 2. The molecule has 0 radical (unpaired) electrons. The number of alkyl carbamates (subject to hydrolysis) is 1. The summed E-state index contributed by atoms with van der Waals surface area (Å²) in [5.41, 5.74) is -0.136. The average Bonchev–Trinajstić information content (AvgIpc) is 3.02. The maximum absolute atomic E-state index is 12.6. The Hall–Kier alpha value is -2.46. The highest BCUT2D eigenvalue weighted by Crippen LogP contribution is 2.28. The Bertz CT molecular complexity index is 1020. The normalized spacial score (nSPS) is 15.8. The van der Waals surface area contributed by atoms with Gasteiger partial charge in [-0.15, -0.1) is 11.3 Å². The van der Waals surface area contributed by atoms with Crippen molar-refractivity contribution in [2.45, 2.75) is 52.7 Å². The van der Waals surface area contributed by atoms with Crippen molar-refractivity contribution in [1.29, 1.82) is 0 Å². The molecule has 1 aliphatic rings. The van der Waals surface area contributed by atoms with Crippen molar-refractivity contribution < 1.29 is 19.1 Å². The number of aromatic nitrogens is 2. The SMILES string of the molecule is COC(=O)c1sc2nc(CN3CCC(CNC(=O)OC(C)(C)C)CC3)[nH]c(=O)c2c1C. The van der Waals surface area contributed by atoms with Gasteiger partial charge in [-0.05, 0) is 65.1 Å². The fraction of sp³-hybridized carbons (Fsp3) is 0.619. The van der Waals surface area contributed by atoms with Gasteiger partial charge < -0.3 is 19.8 Å². The predicted molar refractivity (Wildman–Crippen MR) is 119 cm³/mol. The summed E-state index contributed by atoms with van der Waals surface area (Å²) in [5.74, 6) is 0.518. The zero-order valence-electron chi connectivity index (χ0n) is 18.7. The molecule has 0 saturated carbocycles. The number of aromatic amines is 1. The van der Waals surface area contributed by atoms with E-state index in [0.29, 0.717) is 45.5 Å². The molecule has 3 rings (SSSR count). The van der Waals surface area contributed by atoms with Crippen LogP contribution in [0, 0.1) is 12.8 Å². The molecule has 1 amide bonds. The minimum absolute atomic E-state index is 0.236.